The third-order valence-electron chi connectivity index (χ3n) is 4.64. The summed E-state index contributed by atoms with van der Waals surface area (Å²) in [6, 6.07) is 1.85. The molecule has 1 aromatic carbocycles. The highest BCUT2D eigenvalue weighted by atomic mass is 32.2. The van der Waals surface area contributed by atoms with Gasteiger partial charge in [-0.3, -0.25) is 5.14 Å². The molecule has 4 rings (SSSR count). The molecule has 2 aliphatic carbocycles. The Morgan fingerprint density at radius 3 is 2.44 bits per heavy atom. The molecule has 0 radical (unpaired) electrons. The van der Waals surface area contributed by atoms with Gasteiger partial charge in [0.05, 0.1) is 6.20 Å². The fourth-order valence-corrected chi connectivity index (χ4v) is 4.94. The van der Waals surface area contributed by atoms with Crippen molar-refractivity contribution in [3.63, 3.8) is 0 Å². The molecule has 1 heterocycles. The van der Waals surface area contributed by atoms with Crippen LogP contribution in [0.5, 0.6) is 0 Å². The number of aryl methyl sites for hydroxylation is 2. The van der Waals surface area contributed by atoms with E-state index in [1.165, 1.54) is 33.6 Å². The predicted molar refractivity (Wildman–Crippen MR) is 99.9 cm³/mol. The van der Waals surface area contributed by atoms with Gasteiger partial charge in [0.15, 0.2) is 0 Å². The van der Waals surface area contributed by atoms with Crippen LogP contribution in [-0.4, -0.2) is 16.1 Å². The molecule has 1 unspecified atom stereocenters. The second-order valence-corrected chi connectivity index (χ2v) is 9.45. The lowest BCUT2D eigenvalue weighted by molar-refractivity contribution is 0.0783. The first kappa shape index (κ1) is 16.8. The smallest absolute Gasteiger partial charge is 0.352 e. The van der Waals surface area contributed by atoms with Crippen molar-refractivity contribution >= 4 is 33.9 Å². The highest BCUT2D eigenvalue weighted by molar-refractivity contribution is 7.87. The fraction of sp³-hybridized carbons (Fsp3) is 0.412. The van der Waals surface area contributed by atoms with E-state index in [0.29, 0.717) is 9.22 Å². The normalized spacial score (nSPS) is 16.5. The predicted octanol–water partition coefficient (Wildman–Crippen LogP) is 2.83. The van der Waals surface area contributed by atoms with Crippen LogP contribution in [0.25, 0.3) is 0 Å². The van der Waals surface area contributed by atoms with Crippen molar-refractivity contribution < 1.29 is 9.90 Å². The summed E-state index contributed by atoms with van der Waals surface area (Å²) in [6.07, 6.45) is 5.78. The number of carbonyl (C=O) groups excluding carboxylic acids is 1. The molecule has 6 nitrogen and oxygen atoms in total. The van der Waals surface area contributed by atoms with E-state index in [1.807, 2.05) is 0 Å². The molecule has 1 aromatic heterocycles. The zero-order valence-electron chi connectivity index (χ0n) is 14.1. The number of nitrogens with two attached hydrogens (primary N) is 1. The van der Waals surface area contributed by atoms with Crippen LogP contribution in [0.3, 0.4) is 0 Å². The number of nitrogens with one attached hydrogen (secondary N) is 1. The van der Waals surface area contributed by atoms with Gasteiger partial charge in [0.1, 0.15) is 14.8 Å². The van der Waals surface area contributed by atoms with Crippen LogP contribution in [0, 0.1) is 0 Å². The number of aliphatic hydroxyl groups is 1. The molecule has 4 N–H and O–H groups in total. The van der Waals surface area contributed by atoms with E-state index in [9.17, 15) is 9.90 Å². The number of rotatable bonds is 3. The van der Waals surface area contributed by atoms with Crippen LogP contribution in [0.2, 0.25) is 0 Å². The molecule has 1 atom stereocenters. The molecule has 0 spiro atoms. The molecule has 0 saturated carbocycles. The topological polar surface area (TPSA) is 101 Å². The second kappa shape index (κ2) is 5.98. The monoisotopic (exact) mass is 376 g/mol. The van der Waals surface area contributed by atoms with Crippen molar-refractivity contribution in [2.45, 2.75) is 49.3 Å². The molecule has 2 aromatic rings. The second-order valence-electron chi connectivity index (χ2n) is 6.91. The standard InChI is InChI=1S/C17H20N4O2S2/c1-17(2,23)15-19-8-13(24-15)25(18)21-16(22)20-14-11-5-3-9(11)7-10-4-6-12(10)14/h7-8,23H,3-6H2,1-2H3,(H3,18,20,21,22). The van der Waals surface area contributed by atoms with E-state index in [4.69, 9.17) is 5.14 Å². The van der Waals surface area contributed by atoms with Gasteiger partial charge in [0.2, 0.25) is 0 Å². The number of aromatic nitrogens is 1. The van der Waals surface area contributed by atoms with Gasteiger partial charge in [-0.05, 0) is 61.8 Å². The summed E-state index contributed by atoms with van der Waals surface area (Å²) in [4.78, 5) is 16.5. The first-order chi connectivity index (χ1) is 11.8. The minimum absolute atomic E-state index is 0.418. The molecule has 2 aliphatic rings. The average molecular weight is 377 g/mol. The Hall–Kier alpha value is -1.61. The number of carbonyl (C=O) groups is 1. The summed E-state index contributed by atoms with van der Waals surface area (Å²) in [6.45, 7) is 3.33. The zero-order chi connectivity index (χ0) is 17.8. The molecular formula is C17H20N4O2S2. The molecule has 0 saturated heterocycles. The maximum Gasteiger partial charge on any atom is 0.352 e. The molecule has 0 aliphatic heterocycles. The first-order valence-electron chi connectivity index (χ1n) is 8.19. The van der Waals surface area contributed by atoms with E-state index in [1.54, 1.807) is 20.0 Å². The van der Waals surface area contributed by atoms with E-state index in [2.05, 4.69) is 20.7 Å². The Balaban J connectivity index is 1.55. The van der Waals surface area contributed by atoms with Gasteiger partial charge in [0.25, 0.3) is 0 Å². The maximum absolute atomic E-state index is 12.4. The molecular weight excluding hydrogens is 356 g/mol. The van der Waals surface area contributed by atoms with Gasteiger partial charge in [0, 0.05) is 16.6 Å². The van der Waals surface area contributed by atoms with Crippen LogP contribution >= 0.6 is 11.3 Å². The molecule has 25 heavy (non-hydrogen) atoms. The van der Waals surface area contributed by atoms with Gasteiger partial charge in [-0.1, -0.05) is 6.07 Å². The van der Waals surface area contributed by atoms with Crippen LogP contribution in [0.15, 0.2) is 20.8 Å². The summed E-state index contributed by atoms with van der Waals surface area (Å²) in [5.41, 5.74) is 5.12. The number of amides is 2. The maximum atomic E-state index is 12.4. The molecule has 2 amide bonds. The SMILES string of the molecule is CC(C)(O)c1ncc(/S(N)=N/C(=O)Nc2c3c(cc4c2CC4)CC3)s1. The molecule has 0 fully saturated rings. The highest BCUT2D eigenvalue weighted by Gasteiger charge is 2.28. The number of fused-ring (bicyclic) bond motifs is 2. The summed E-state index contributed by atoms with van der Waals surface area (Å²) in [5, 5.41) is 19.6. The van der Waals surface area contributed by atoms with Crippen LogP contribution in [0.4, 0.5) is 10.5 Å². The van der Waals surface area contributed by atoms with Gasteiger partial charge >= 0.3 is 6.03 Å². The first-order valence-corrected chi connectivity index (χ1v) is 10.3. The third-order valence-corrected chi connectivity index (χ3v) is 7.39. The van der Waals surface area contributed by atoms with E-state index in [0.717, 1.165) is 31.4 Å². The summed E-state index contributed by atoms with van der Waals surface area (Å²) in [7, 11) is -1.08. The largest absolute Gasteiger partial charge is 0.383 e. The van der Waals surface area contributed by atoms with Crippen LogP contribution in [0.1, 0.15) is 41.1 Å². The lowest BCUT2D eigenvalue weighted by Crippen LogP contribution is -2.23. The van der Waals surface area contributed by atoms with Gasteiger partial charge in [-0.2, -0.15) is 4.36 Å². The Morgan fingerprint density at radius 1 is 1.32 bits per heavy atom. The van der Waals surface area contributed by atoms with Crippen LogP contribution < -0.4 is 10.5 Å². The van der Waals surface area contributed by atoms with Gasteiger partial charge in [-0.25, -0.2) is 9.78 Å². The Kier molecular flexibility index (Phi) is 4.03. The van der Waals surface area contributed by atoms with Crippen molar-refractivity contribution in [2.75, 3.05) is 5.32 Å². The van der Waals surface area contributed by atoms with Crippen LogP contribution in [-0.2, 0) is 42.2 Å². The van der Waals surface area contributed by atoms with Crippen molar-refractivity contribution in [3.8, 4) is 0 Å². The lowest BCUT2D eigenvalue weighted by Gasteiger charge is -2.31. The van der Waals surface area contributed by atoms with E-state index >= 15 is 0 Å². The Bertz CT molecular complexity index is 882. The number of hydrogen-bond donors (Lipinski definition) is 3. The van der Waals surface area contributed by atoms with Gasteiger partial charge < -0.3 is 10.4 Å². The van der Waals surface area contributed by atoms with Crippen molar-refractivity contribution in [3.05, 3.63) is 39.5 Å². The van der Waals surface area contributed by atoms with Gasteiger partial charge in [-0.15, -0.1) is 11.3 Å². The quantitative estimate of drug-likeness (QED) is 0.767. The summed E-state index contributed by atoms with van der Waals surface area (Å²) in [5.74, 6) is 0. The van der Waals surface area contributed by atoms with E-state index < -0.39 is 22.5 Å². The highest BCUT2D eigenvalue weighted by Crippen LogP contribution is 2.40. The minimum Gasteiger partial charge on any atom is -0.383 e. The van der Waals surface area contributed by atoms with Crippen molar-refractivity contribution in [2.24, 2.45) is 9.50 Å². The molecule has 8 heteroatoms. The Morgan fingerprint density at radius 2 is 1.96 bits per heavy atom. The number of hydrogen-bond acceptors (Lipinski definition) is 4. The Labute approximate surface area is 152 Å². The number of anilines is 1. The number of nitrogens with zero attached hydrogens (tertiary/aromatic N) is 2. The zero-order valence-corrected chi connectivity index (χ0v) is 15.8. The van der Waals surface area contributed by atoms with E-state index in [-0.39, 0.29) is 0 Å². The minimum atomic E-state index is -1.08. The average Bonchev–Trinajstić information content (AvgIpc) is 2.93. The lowest BCUT2D eigenvalue weighted by atomic mass is 9.76. The number of urea groups is 1. The molecule has 0 bridgehead atoms. The number of thiazole rings is 1. The summed E-state index contributed by atoms with van der Waals surface area (Å²) >= 11 is 1.28. The summed E-state index contributed by atoms with van der Waals surface area (Å²) < 4.78 is 4.75. The molecule has 132 valence electrons. The fourth-order valence-electron chi connectivity index (χ4n) is 3.12. The van der Waals surface area contributed by atoms with Crippen molar-refractivity contribution in [1.82, 2.24) is 4.98 Å². The van der Waals surface area contributed by atoms with Crippen molar-refractivity contribution in [1.29, 1.82) is 0 Å². The third kappa shape index (κ3) is 3.03. The number of benzene rings is 1.